The average Bonchev–Trinajstić information content (AvgIpc) is 2.70. The summed E-state index contributed by atoms with van der Waals surface area (Å²) in [5.41, 5.74) is 0. The van der Waals surface area contributed by atoms with Crippen LogP contribution in [-0.2, 0) is 6.42 Å². The smallest absolute Gasteiger partial charge is 0.255 e. The van der Waals surface area contributed by atoms with Crippen LogP contribution in [0.5, 0.6) is 0 Å². The van der Waals surface area contributed by atoms with Gasteiger partial charge < -0.3 is 14.5 Å². The molecule has 0 saturated carbocycles. The molecule has 5 nitrogen and oxygen atoms in total. The highest BCUT2D eigenvalue weighted by atomic mass is 16.5. The molecular weight excluding hydrogens is 206 g/mol. The van der Waals surface area contributed by atoms with Crippen LogP contribution < -0.4 is 0 Å². The van der Waals surface area contributed by atoms with Gasteiger partial charge in [0, 0.05) is 6.42 Å². The van der Waals surface area contributed by atoms with Gasteiger partial charge in [-0.1, -0.05) is 5.16 Å². The van der Waals surface area contributed by atoms with E-state index < -0.39 is 6.10 Å². The maximum atomic E-state index is 9.27. The summed E-state index contributed by atoms with van der Waals surface area (Å²) in [6, 6.07) is 0. The first-order chi connectivity index (χ1) is 7.65. The lowest BCUT2D eigenvalue weighted by atomic mass is 9.94. The number of piperidine rings is 1. The number of aromatic nitrogens is 2. The van der Waals surface area contributed by atoms with Gasteiger partial charge in [0.05, 0.1) is 0 Å². The zero-order valence-corrected chi connectivity index (χ0v) is 9.89. The van der Waals surface area contributed by atoms with Crippen molar-refractivity contribution in [3.8, 4) is 0 Å². The predicted molar refractivity (Wildman–Crippen MR) is 58.9 cm³/mol. The summed E-state index contributed by atoms with van der Waals surface area (Å²) in [6.07, 6.45) is 2.58. The number of likely N-dealkylation sites (tertiary alicyclic amines) is 1. The minimum absolute atomic E-state index is 0.322. The normalized spacial score (nSPS) is 21.2. The van der Waals surface area contributed by atoms with Crippen LogP contribution in [-0.4, -0.2) is 40.3 Å². The van der Waals surface area contributed by atoms with Crippen LogP contribution in [0.1, 0.15) is 37.6 Å². The van der Waals surface area contributed by atoms with Crippen molar-refractivity contribution in [2.24, 2.45) is 5.92 Å². The van der Waals surface area contributed by atoms with E-state index in [1.807, 2.05) is 0 Å². The predicted octanol–water partition coefficient (Wildman–Crippen LogP) is 1.01. The van der Waals surface area contributed by atoms with Crippen molar-refractivity contribution in [1.29, 1.82) is 0 Å². The summed E-state index contributed by atoms with van der Waals surface area (Å²) >= 11 is 0. The molecule has 1 saturated heterocycles. The van der Waals surface area contributed by atoms with E-state index in [2.05, 4.69) is 22.1 Å². The fourth-order valence-corrected chi connectivity index (χ4v) is 2.04. The van der Waals surface area contributed by atoms with E-state index in [-0.39, 0.29) is 0 Å². The first kappa shape index (κ1) is 11.5. The lowest BCUT2D eigenvalue weighted by Gasteiger charge is -2.28. The molecular formula is C11H19N3O2. The Morgan fingerprint density at radius 2 is 2.19 bits per heavy atom. The molecule has 1 unspecified atom stereocenters. The van der Waals surface area contributed by atoms with Crippen molar-refractivity contribution in [2.45, 2.75) is 32.3 Å². The Hall–Kier alpha value is -0.940. The Morgan fingerprint density at radius 3 is 2.75 bits per heavy atom. The zero-order chi connectivity index (χ0) is 11.5. The Kier molecular flexibility index (Phi) is 3.56. The highest BCUT2D eigenvalue weighted by Crippen LogP contribution is 2.20. The van der Waals surface area contributed by atoms with Crippen molar-refractivity contribution >= 4 is 0 Å². The minimum atomic E-state index is -0.668. The van der Waals surface area contributed by atoms with Crippen molar-refractivity contribution in [1.82, 2.24) is 15.0 Å². The first-order valence-corrected chi connectivity index (χ1v) is 5.84. The van der Waals surface area contributed by atoms with Gasteiger partial charge in [0.15, 0.2) is 5.82 Å². The quantitative estimate of drug-likeness (QED) is 0.831. The fourth-order valence-electron chi connectivity index (χ4n) is 2.04. The van der Waals surface area contributed by atoms with E-state index in [0.29, 0.717) is 11.8 Å². The molecule has 0 aromatic carbocycles. The number of rotatable bonds is 3. The standard InChI is InChI=1S/C11H19N3O2/c1-8(15)11-12-10(13-16-11)7-9-3-5-14(2)6-4-9/h8-9,15H,3-7H2,1-2H3. The maximum Gasteiger partial charge on any atom is 0.255 e. The van der Waals surface area contributed by atoms with E-state index in [1.54, 1.807) is 6.92 Å². The number of aliphatic hydroxyl groups excluding tert-OH is 1. The van der Waals surface area contributed by atoms with Gasteiger partial charge >= 0.3 is 0 Å². The van der Waals surface area contributed by atoms with Crippen molar-refractivity contribution in [3.05, 3.63) is 11.7 Å². The molecule has 1 aromatic rings. The Morgan fingerprint density at radius 1 is 1.50 bits per heavy atom. The van der Waals surface area contributed by atoms with Crippen LogP contribution in [0, 0.1) is 5.92 Å². The van der Waals surface area contributed by atoms with E-state index >= 15 is 0 Å². The van der Waals surface area contributed by atoms with Gasteiger partial charge in [-0.05, 0) is 45.8 Å². The summed E-state index contributed by atoms with van der Waals surface area (Å²) < 4.78 is 4.97. The van der Waals surface area contributed by atoms with Gasteiger partial charge in [0.25, 0.3) is 5.89 Å². The van der Waals surface area contributed by atoms with Gasteiger partial charge in [0.1, 0.15) is 6.10 Å². The molecule has 0 amide bonds. The monoisotopic (exact) mass is 225 g/mol. The third-order valence-electron chi connectivity index (χ3n) is 3.15. The second kappa shape index (κ2) is 4.93. The van der Waals surface area contributed by atoms with Crippen molar-refractivity contribution < 1.29 is 9.63 Å². The molecule has 5 heteroatoms. The molecule has 2 rings (SSSR count). The third-order valence-corrected chi connectivity index (χ3v) is 3.15. The third kappa shape index (κ3) is 2.80. The molecule has 1 aliphatic rings. The average molecular weight is 225 g/mol. The zero-order valence-electron chi connectivity index (χ0n) is 9.89. The molecule has 0 spiro atoms. The highest BCUT2D eigenvalue weighted by molar-refractivity contribution is 4.91. The lowest BCUT2D eigenvalue weighted by Crippen LogP contribution is -2.31. The van der Waals surface area contributed by atoms with Gasteiger partial charge in [-0.15, -0.1) is 0 Å². The van der Waals surface area contributed by atoms with E-state index in [1.165, 1.54) is 12.8 Å². The Labute approximate surface area is 95.4 Å². The SMILES string of the molecule is CC(O)c1nc(CC2CCN(C)CC2)no1. The second-order valence-corrected chi connectivity index (χ2v) is 4.68. The molecule has 0 aliphatic carbocycles. The van der Waals surface area contributed by atoms with Crippen LogP contribution in [0.15, 0.2) is 4.52 Å². The summed E-state index contributed by atoms with van der Waals surface area (Å²) in [5, 5.41) is 13.2. The van der Waals surface area contributed by atoms with E-state index in [0.717, 1.165) is 25.3 Å². The number of hydrogen-bond donors (Lipinski definition) is 1. The van der Waals surface area contributed by atoms with Crippen molar-refractivity contribution in [2.75, 3.05) is 20.1 Å². The summed E-state index contributed by atoms with van der Waals surface area (Å²) in [6.45, 7) is 3.92. The minimum Gasteiger partial charge on any atom is -0.384 e. The molecule has 0 radical (unpaired) electrons. The van der Waals surface area contributed by atoms with Crippen LogP contribution in [0.3, 0.4) is 0 Å². The van der Waals surface area contributed by atoms with Crippen LogP contribution in [0.2, 0.25) is 0 Å². The van der Waals surface area contributed by atoms with Crippen LogP contribution in [0.25, 0.3) is 0 Å². The van der Waals surface area contributed by atoms with Gasteiger partial charge in [-0.3, -0.25) is 0 Å². The van der Waals surface area contributed by atoms with Gasteiger partial charge in [-0.2, -0.15) is 4.98 Å². The van der Waals surface area contributed by atoms with Gasteiger partial charge in [0.2, 0.25) is 0 Å². The Bertz CT molecular complexity index is 330. The van der Waals surface area contributed by atoms with E-state index in [9.17, 15) is 5.11 Å². The first-order valence-electron chi connectivity index (χ1n) is 5.84. The maximum absolute atomic E-state index is 9.27. The molecule has 1 aliphatic heterocycles. The van der Waals surface area contributed by atoms with Crippen molar-refractivity contribution in [3.63, 3.8) is 0 Å². The molecule has 1 N–H and O–H groups in total. The van der Waals surface area contributed by atoms with Crippen LogP contribution in [0.4, 0.5) is 0 Å². The highest BCUT2D eigenvalue weighted by Gasteiger charge is 2.20. The summed E-state index contributed by atoms with van der Waals surface area (Å²) in [4.78, 5) is 6.52. The topological polar surface area (TPSA) is 62.4 Å². The molecule has 0 bridgehead atoms. The molecule has 1 fully saturated rings. The Balaban J connectivity index is 1.88. The van der Waals surface area contributed by atoms with E-state index in [4.69, 9.17) is 4.52 Å². The number of nitrogens with zero attached hydrogens (tertiary/aromatic N) is 3. The van der Waals surface area contributed by atoms with Crippen LogP contribution >= 0.6 is 0 Å². The number of aliphatic hydroxyl groups is 1. The molecule has 2 heterocycles. The summed E-state index contributed by atoms with van der Waals surface area (Å²) in [5.74, 6) is 1.70. The van der Waals surface area contributed by atoms with Gasteiger partial charge in [-0.25, -0.2) is 0 Å². The molecule has 90 valence electrons. The summed E-state index contributed by atoms with van der Waals surface area (Å²) in [7, 11) is 2.15. The largest absolute Gasteiger partial charge is 0.384 e. The molecule has 1 atom stereocenters. The lowest BCUT2D eigenvalue weighted by molar-refractivity contribution is 0.151. The number of hydrogen-bond acceptors (Lipinski definition) is 5. The second-order valence-electron chi connectivity index (χ2n) is 4.68. The fraction of sp³-hybridized carbons (Fsp3) is 0.818. The molecule has 16 heavy (non-hydrogen) atoms. The molecule has 1 aromatic heterocycles.